The summed E-state index contributed by atoms with van der Waals surface area (Å²) in [5, 5.41) is 1.14. The van der Waals surface area contributed by atoms with Crippen molar-refractivity contribution in [1.29, 1.82) is 0 Å². The van der Waals surface area contributed by atoms with Crippen LogP contribution < -0.4 is 0 Å². The third-order valence-electron chi connectivity index (χ3n) is 6.34. The van der Waals surface area contributed by atoms with Crippen LogP contribution in [0.3, 0.4) is 0 Å². The van der Waals surface area contributed by atoms with Gasteiger partial charge in [0.05, 0.1) is 18.2 Å². The Labute approximate surface area is 187 Å². The molecular weight excluding hydrogens is 401 g/mol. The summed E-state index contributed by atoms with van der Waals surface area (Å²) in [7, 11) is 1.44. The molecule has 1 heterocycles. The number of rotatable bonds is 6. The first-order valence-electron chi connectivity index (χ1n) is 11.1. The zero-order chi connectivity index (χ0) is 22.2. The first-order valence-corrected chi connectivity index (χ1v) is 11.1. The van der Waals surface area contributed by atoms with Gasteiger partial charge in [0.1, 0.15) is 5.82 Å². The van der Waals surface area contributed by atoms with Crippen molar-refractivity contribution >= 4 is 16.9 Å². The number of halogens is 1. The van der Waals surface area contributed by atoms with Crippen LogP contribution in [0.4, 0.5) is 4.39 Å². The van der Waals surface area contributed by atoms with Crippen LogP contribution >= 0.6 is 0 Å². The third-order valence-corrected chi connectivity index (χ3v) is 6.34. The fraction of sp³-hybridized carbons (Fsp3) is 0.250. The predicted octanol–water partition coefficient (Wildman–Crippen LogP) is 6.39. The molecule has 1 aliphatic carbocycles. The van der Waals surface area contributed by atoms with E-state index in [1.807, 2.05) is 12.1 Å². The van der Waals surface area contributed by atoms with E-state index in [-0.39, 0.29) is 11.8 Å². The molecule has 4 heteroatoms. The molecule has 0 bridgehead atoms. The highest BCUT2D eigenvalue weighted by atomic mass is 19.1. The molecule has 1 aliphatic rings. The van der Waals surface area contributed by atoms with E-state index in [0.717, 1.165) is 33.2 Å². The zero-order valence-electron chi connectivity index (χ0n) is 18.4. The maximum Gasteiger partial charge on any atom is 0.338 e. The van der Waals surface area contributed by atoms with Crippen molar-refractivity contribution in [2.24, 2.45) is 0 Å². The van der Waals surface area contributed by atoms with Crippen LogP contribution in [-0.2, 0) is 17.7 Å². The highest BCUT2D eigenvalue weighted by Gasteiger charge is 2.25. The van der Waals surface area contributed by atoms with Crippen LogP contribution in [0, 0.1) is 12.7 Å². The Morgan fingerprint density at radius 3 is 2.66 bits per heavy atom. The summed E-state index contributed by atoms with van der Waals surface area (Å²) in [4.78, 5) is 12.4. The number of nitrogens with zero attached hydrogens (tertiary/aromatic N) is 1. The minimum absolute atomic E-state index is 0.216. The average Bonchev–Trinajstić information content (AvgIpc) is 3.55. The molecule has 3 aromatic carbocycles. The molecule has 1 aromatic heterocycles. The Morgan fingerprint density at radius 2 is 1.91 bits per heavy atom. The normalized spacial score (nSPS) is 13.5. The number of hydrogen-bond donors (Lipinski definition) is 0. The smallest absolute Gasteiger partial charge is 0.338 e. The molecule has 4 aromatic rings. The minimum atomic E-state index is -0.276. The minimum Gasteiger partial charge on any atom is -0.465 e. The summed E-state index contributed by atoms with van der Waals surface area (Å²) in [6, 6.07) is 19.4. The predicted molar refractivity (Wildman–Crippen MR) is 125 cm³/mol. The lowest BCUT2D eigenvalue weighted by Gasteiger charge is -2.13. The number of carbonyl (C=O) groups is 1. The van der Waals surface area contributed by atoms with E-state index in [1.54, 1.807) is 12.1 Å². The fourth-order valence-electron chi connectivity index (χ4n) is 4.65. The van der Waals surface area contributed by atoms with Gasteiger partial charge < -0.3 is 9.30 Å². The van der Waals surface area contributed by atoms with Crippen molar-refractivity contribution < 1.29 is 13.9 Å². The van der Waals surface area contributed by atoms with E-state index in [0.29, 0.717) is 24.4 Å². The number of benzene rings is 3. The van der Waals surface area contributed by atoms with Gasteiger partial charge in [-0.25, -0.2) is 9.18 Å². The van der Waals surface area contributed by atoms with E-state index in [2.05, 4.69) is 48.0 Å². The molecule has 0 atom stereocenters. The summed E-state index contributed by atoms with van der Waals surface area (Å²) in [5.74, 6) is 0.0949. The van der Waals surface area contributed by atoms with Gasteiger partial charge in [-0.2, -0.15) is 0 Å². The number of ether oxygens (including phenoxy) is 1. The van der Waals surface area contributed by atoms with Gasteiger partial charge in [-0.1, -0.05) is 30.3 Å². The highest BCUT2D eigenvalue weighted by Crippen LogP contribution is 2.40. The van der Waals surface area contributed by atoms with Gasteiger partial charge in [0.25, 0.3) is 0 Å². The summed E-state index contributed by atoms with van der Waals surface area (Å²) >= 11 is 0. The van der Waals surface area contributed by atoms with Crippen molar-refractivity contribution in [1.82, 2.24) is 4.57 Å². The van der Waals surface area contributed by atoms with Crippen LogP contribution in [0.15, 0.2) is 66.9 Å². The summed E-state index contributed by atoms with van der Waals surface area (Å²) in [5.41, 5.74) is 7.28. The molecule has 0 saturated heterocycles. The first kappa shape index (κ1) is 20.5. The Hall–Kier alpha value is -3.40. The second kappa shape index (κ2) is 8.27. The van der Waals surface area contributed by atoms with Gasteiger partial charge in [-0.3, -0.25) is 0 Å². The van der Waals surface area contributed by atoms with E-state index in [1.165, 1.54) is 31.6 Å². The van der Waals surface area contributed by atoms with E-state index in [4.69, 9.17) is 4.74 Å². The number of esters is 1. The molecule has 0 radical (unpaired) electrons. The maximum absolute atomic E-state index is 13.6. The number of fused-ring (bicyclic) bond motifs is 1. The van der Waals surface area contributed by atoms with Crippen LogP contribution in [-0.4, -0.2) is 17.6 Å². The molecule has 0 spiro atoms. The van der Waals surface area contributed by atoms with Gasteiger partial charge in [-0.05, 0) is 90.3 Å². The van der Waals surface area contributed by atoms with Crippen LogP contribution in [0.1, 0.15) is 56.9 Å². The van der Waals surface area contributed by atoms with Crippen molar-refractivity contribution in [2.75, 3.05) is 7.11 Å². The number of carbonyl (C=O) groups excluding carboxylic acids is 1. The number of aromatic nitrogens is 1. The van der Waals surface area contributed by atoms with Gasteiger partial charge in [0.15, 0.2) is 0 Å². The fourth-order valence-corrected chi connectivity index (χ4v) is 4.65. The van der Waals surface area contributed by atoms with Gasteiger partial charge >= 0.3 is 5.97 Å². The number of hydrogen-bond acceptors (Lipinski definition) is 2. The third kappa shape index (κ3) is 4.05. The molecule has 0 N–H and O–H groups in total. The van der Waals surface area contributed by atoms with E-state index < -0.39 is 0 Å². The Kier molecular flexibility index (Phi) is 5.30. The topological polar surface area (TPSA) is 31.2 Å². The molecule has 1 saturated carbocycles. The molecular formula is C28H26FNO2. The standard InChI is InChI=1S/C28H26FNO2/c1-18-12-20(13-23-9-8-22(21-6-7-21)16-26(23)28(31)32-2)14-24-10-11-30(27(18)24)17-19-4-3-5-25(29)15-19/h3-5,8-12,14-16,21H,6-7,13,17H2,1-2H3. The molecule has 5 rings (SSSR count). The number of aryl methyl sites for hydroxylation is 1. The van der Waals surface area contributed by atoms with Crippen LogP contribution in [0.2, 0.25) is 0 Å². The van der Waals surface area contributed by atoms with Gasteiger partial charge in [0.2, 0.25) is 0 Å². The van der Waals surface area contributed by atoms with Crippen molar-refractivity contribution in [3.05, 3.63) is 106 Å². The number of methoxy groups -OCH3 is 1. The molecule has 162 valence electrons. The SMILES string of the molecule is COC(=O)c1cc(C2CC2)ccc1Cc1cc(C)c2c(ccn2Cc2cccc(F)c2)c1. The molecule has 3 nitrogen and oxygen atoms in total. The summed E-state index contributed by atoms with van der Waals surface area (Å²) in [6.07, 6.45) is 5.11. The van der Waals surface area contributed by atoms with Crippen molar-refractivity contribution in [2.45, 2.75) is 38.6 Å². The maximum atomic E-state index is 13.6. The van der Waals surface area contributed by atoms with Gasteiger partial charge in [0, 0.05) is 18.1 Å². The lowest BCUT2D eigenvalue weighted by atomic mass is 9.95. The molecule has 32 heavy (non-hydrogen) atoms. The first-order chi connectivity index (χ1) is 15.5. The lowest BCUT2D eigenvalue weighted by molar-refractivity contribution is 0.0599. The Bertz CT molecular complexity index is 1320. The van der Waals surface area contributed by atoms with Crippen molar-refractivity contribution in [3.63, 3.8) is 0 Å². The second-order valence-corrected chi connectivity index (χ2v) is 8.78. The summed E-state index contributed by atoms with van der Waals surface area (Å²) in [6.45, 7) is 2.72. The molecule has 1 fully saturated rings. The van der Waals surface area contributed by atoms with E-state index >= 15 is 0 Å². The van der Waals surface area contributed by atoms with Crippen LogP contribution in [0.5, 0.6) is 0 Å². The molecule has 0 amide bonds. The second-order valence-electron chi connectivity index (χ2n) is 8.78. The van der Waals surface area contributed by atoms with Crippen molar-refractivity contribution in [3.8, 4) is 0 Å². The zero-order valence-corrected chi connectivity index (χ0v) is 18.4. The Balaban J connectivity index is 1.46. The monoisotopic (exact) mass is 427 g/mol. The Morgan fingerprint density at radius 1 is 1.06 bits per heavy atom. The molecule has 0 unspecified atom stereocenters. The van der Waals surface area contributed by atoms with E-state index in [9.17, 15) is 9.18 Å². The summed E-state index contributed by atoms with van der Waals surface area (Å²) < 4.78 is 20.8. The highest BCUT2D eigenvalue weighted by molar-refractivity contribution is 5.91. The molecule has 0 aliphatic heterocycles. The largest absolute Gasteiger partial charge is 0.465 e. The van der Waals surface area contributed by atoms with Gasteiger partial charge in [-0.15, -0.1) is 0 Å². The lowest BCUT2D eigenvalue weighted by Crippen LogP contribution is -2.07. The van der Waals surface area contributed by atoms with Crippen LogP contribution in [0.25, 0.3) is 10.9 Å². The average molecular weight is 428 g/mol. The quantitative estimate of drug-likeness (QED) is 0.334.